The van der Waals surface area contributed by atoms with Crippen LogP contribution in [-0.4, -0.2) is 23.1 Å². The molecule has 0 fully saturated rings. The van der Waals surface area contributed by atoms with Crippen LogP contribution in [0.15, 0.2) is 6.07 Å². The van der Waals surface area contributed by atoms with E-state index < -0.39 is 0 Å². The summed E-state index contributed by atoms with van der Waals surface area (Å²) in [6, 6.07) is 1.75. The Hall–Kier alpha value is -1.76. The molecule has 0 bridgehead atoms. The topological polar surface area (TPSA) is 47.0 Å². The molecule has 74 valence electrons. The molecule has 0 aromatic carbocycles. The molecule has 0 radical (unpaired) electrons. The van der Waals surface area contributed by atoms with E-state index in [1.807, 2.05) is 13.8 Å². The Morgan fingerprint density at radius 1 is 1.57 bits per heavy atom. The third kappa shape index (κ3) is 2.94. The Morgan fingerprint density at radius 2 is 2.36 bits per heavy atom. The molecule has 1 aromatic rings. The number of aromatic nitrogens is 2. The molecule has 0 aliphatic rings. The first-order chi connectivity index (χ1) is 6.76. The molecule has 1 aromatic heterocycles. The van der Waals surface area contributed by atoms with Crippen molar-refractivity contribution in [3.8, 4) is 18.2 Å². The second-order valence-electron chi connectivity index (χ2n) is 2.69. The molecular formula is C10H13N3O. The molecule has 0 atom stereocenters. The van der Waals surface area contributed by atoms with Crippen LogP contribution in [0.25, 0.3) is 0 Å². The molecule has 1 N–H and O–H groups in total. The smallest absolute Gasteiger partial charge is 0.226 e. The van der Waals surface area contributed by atoms with Crippen molar-refractivity contribution in [1.82, 2.24) is 9.97 Å². The summed E-state index contributed by atoms with van der Waals surface area (Å²) in [5, 5.41) is 3.01. The lowest BCUT2D eigenvalue weighted by molar-refractivity contribution is 0.355. The third-order valence-electron chi connectivity index (χ3n) is 1.47. The number of terminal acetylenes is 1. The number of rotatable bonds is 4. The van der Waals surface area contributed by atoms with E-state index >= 15 is 0 Å². The minimum atomic E-state index is 0.224. The fourth-order valence-electron chi connectivity index (χ4n) is 0.966. The largest absolute Gasteiger partial charge is 0.464 e. The number of hydrogen-bond acceptors (Lipinski definition) is 4. The van der Waals surface area contributed by atoms with Gasteiger partial charge in [-0.05, 0) is 13.8 Å². The van der Waals surface area contributed by atoms with Gasteiger partial charge in [0.15, 0.2) is 6.61 Å². The average molecular weight is 191 g/mol. The monoisotopic (exact) mass is 191 g/mol. The standard InChI is InChI=1S/C10H13N3O/c1-4-6-14-9-7-8(3)12-10(13-9)11-5-2/h1,7H,5-6H2,2-3H3,(H,11,12,13). The van der Waals surface area contributed by atoms with Gasteiger partial charge in [0, 0.05) is 18.3 Å². The van der Waals surface area contributed by atoms with Crippen LogP contribution in [0.4, 0.5) is 5.95 Å². The minimum Gasteiger partial charge on any atom is -0.464 e. The molecule has 0 saturated carbocycles. The number of anilines is 1. The van der Waals surface area contributed by atoms with E-state index in [4.69, 9.17) is 11.2 Å². The van der Waals surface area contributed by atoms with Crippen molar-refractivity contribution < 1.29 is 4.74 Å². The lowest BCUT2D eigenvalue weighted by atomic mass is 10.4. The van der Waals surface area contributed by atoms with Crippen LogP contribution >= 0.6 is 0 Å². The summed E-state index contributed by atoms with van der Waals surface area (Å²) in [7, 11) is 0. The van der Waals surface area contributed by atoms with Gasteiger partial charge in [-0.25, -0.2) is 4.98 Å². The van der Waals surface area contributed by atoms with Gasteiger partial charge in [-0.3, -0.25) is 0 Å². The van der Waals surface area contributed by atoms with Crippen LogP contribution in [0, 0.1) is 19.3 Å². The van der Waals surface area contributed by atoms with Gasteiger partial charge in [0.25, 0.3) is 0 Å². The quantitative estimate of drug-likeness (QED) is 0.727. The van der Waals surface area contributed by atoms with Crippen molar-refractivity contribution in [2.24, 2.45) is 0 Å². The Balaban J connectivity index is 2.79. The van der Waals surface area contributed by atoms with Crippen LogP contribution in [-0.2, 0) is 0 Å². The predicted molar refractivity (Wildman–Crippen MR) is 55.3 cm³/mol. The summed E-state index contributed by atoms with van der Waals surface area (Å²) in [6.07, 6.45) is 5.08. The Kier molecular flexibility index (Phi) is 3.74. The van der Waals surface area contributed by atoms with Crippen molar-refractivity contribution >= 4 is 5.95 Å². The molecule has 0 amide bonds. The molecule has 0 saturated heterocycles. The summed E-state index contributed by atoms with van der Waals surface area (Å²) < 4.78 is 5.20. The number of aryl methyl sites for hydroxylation is 1. The third-order valence-corrected chi connectivity index (χ3v) is 1.47. The summed E-state index contributed by atoms with van der Waals surface area (Å²) in [5.41, 5.74) is 0.850. The summed E-state index contributed by atoms with van der Waals surface area (Å²) in [6.45, 7) is 4.86. The maximum atomic E-state index is 5.20. The van der Waals surface area contributed by atoms with Gasteiger partial charge in [0.05, 0.1) is 0 Å². The van der Waals surface area contributed by atoms with Crippen LogP contribution in [0.5, 0.6) is 5.88 Å². The Morgan fingerprint density at radius 3 is 3.00 bits per heavy atom. The van der Waals surface area contributed by atoms with Crippen molar-refractivity contribution in [2.45, 2.75) is 13.8 Å². The molecule has 14 heavy (non-hydrogen) atoms. The summed E-state index contributed by atoms with van der Waals surface area (Å²) >= 11 is 0. The fraction of sp³-hybridized carbons (Fsp3) is 0.400. The van der Waals surface area contributed by atoms with E-state index in [0.29, 0.717) is 11.8 Å². The van der Waals surface area contributed by atoms with E-state index in [0.717, 1.165) is 12.2 Å². The average Bonchev–Trinajstić information content (AvgIpc) is 2.14. The second kappa shape index (κ2) is 5.07. The van der Waals surface area contributed by atoms with Gasteiger partial charge < -0.3 is 10.1 Å². The fourth-order valence-corrected chi connectivity index (χ4v) is 0.966. The maximum Gasteiger partial charge on any atom is 0.226 e. The van der Waals surface area contributed by atoms with Gasteiger partial charge in [-0.2, -0.15) is 4.98 Å². The molecule has 0 spiro atoms. The molecule has 0 aliphatic heterocycles. The highest BCUT2D eigenvalue weighted by Gasteiger charge is 2.00. The molecule has 4 heteroatoms. The van der Waals surface area contributed by atoms with Crippen molar-refractivity contribution in [3.05, 3.63) is 11.8 Å². The first-order valence-electron chi connectivity index (χ1n) is 4.42. The van der Waals surface area contributed by atoms with Crippen molar-refractivity contribution in [3.63, 3.8) is 0 Å². The second-order valence-corrected chi connectivity index (χ2v) is 2.69. The Bertz CT molecular complexity index is 344. The Labute approximate surface area is 83.7 Å². The zero-order valence-electron chi connectivity index (χ0n) is 8.37. The molecule has 1 heterocycles. The highest BCUT2D eigenvalue weighted by molar-refractivity contribution is 5.30. The van der Waals surface area contributed by atoms with Crippen LogP contribution in [0.1, 0.15) is 12.6 Å². The predicted octanol–water partition coefficient (Wildman–Crippen LogP) is 1.23. The highest BCUT2D eigenvalue weighted by Crippen LogP contribution is 2.11. The first kappa shape index (κ1) is 10.3. The number of nitrogens with one attached hydrogen (secondary N) is 1. The van der Waals surface area contributed by atoms with Crippen molar-refractivity contribution in [2.75, 3.05) is 18.5 Å². The van der Waals surface area contributed by atoms with E-state index in [1.54, 1.807) is 6.07 Å². The lowest BCUT2D eigenvalue weighted by Gasteiger charge is -2.05. The minimum absolute atomic E-state index is 0.224. The van der Waals surface area contributed by atoms with Crippen molar-refractivity contribution in [1.29, 1.82) is 0 Å². The first-order valence-corrected chi connectivity index (χ1v) is 4.42. The van der Waals surface area contributed by atoms with Gasteiger partial charge in [0.2, 0.25) is 11.8 Å². The van der Waals surface area contributed by atoms with Crippen LogP contribution < -0.4 is 10.1 Å². The number of nitrogens with zero attached hydrogens (tertiary/aromatic N) is 2. The summed E-state index contributed by atoms with van der Waals surface area (Å²) in [4.78, 5) is 8.30. The lowest BCUT2D eigenvalue weighted by Crippen LogP contribution is -2.05. The zero-order chi connectivity index (χ0) is 10.4. The maximum absolute atomic E-state index is 5.20. The van der Waals surface area contributed by atoms with Gasteiger partial charge in [-0.15, -0.1) is 6.42 Å². The number of hydrogen-bond donors (Lipinski definition) is 1. The molecule has 0 unspecified atom stereocenters. The molecule has 4 nitrogen and oxygen atoms in total. The van der Waals surface area contributed by atoms with E-state index in [1.165, 1.54) is 0 Å². The zero-order valence-corrected chi connectivity index (χ0v) is 8.37. The highest BCUT2D eigenvalue weighted by atomic mass is 16.5. The van der Waals surface area contributed by atoms with Crippen LogP contribution in [0.3, 0.4) is 0 Å². The number of ether oxygens (including phenoxy) is 1. The summed E-state index contributed by atoms with van der Waals surface area (Å²) in [5.74, 6) is 3.46. The van der Waals surface area contributed by atoms with E-state index in [-0.39, 0.29) is 6.61 Å². The normalized spacial score (nSPS) is 9.21. The van der Waals surface area contributed by atoms with Gasteiger partial charge in [0.1, 0.15) is 0 Å². The van der Waals surface area contributed by atoms with Crippen LogP contribution in [0.2, 0.25) is 0 Å². The SMILES string of the molecule is C#CCOc1cc(C)nc(NCC)n1. The molecular weight excluding hydrogens is 178 g/mol. The van der Waals surface area contributed by atoms with E-state index in [2.05, 4.69) is 21.2 Å². The van der Waals surface area contributed by atoms with E-state index in [9.17, 15) is 0 Å². The van der Waals surface area contributed by atoms with Gasteiger partial charge >= 0.3 is 0 Å². The molecule has 1 rings (SSSR count). The molecule has 0 aliphatic carbocycles. The van der Waals surface area contributed by atoms with Gasteiger partial charge in [-0.1, -0.05) is 5.92 Å².